The van der Waals surface area contributed by atoms with E-state index in [4.69, 9.17) is 4.74 Å². The first kappa shape index (κ1) is 10.5. The quantitative estimate of drug-likeness (QED) is 0.662. The molecule has 0 aromatic heterocycles. The molecule has 1 N–H and O–H groups in total. The van der Waals surface area contributed by atoms with E-state index in [-0.39, 0.29) is 23.9 Å². The van der Waals surface area contributed by atoms with Gasteiger partial charge in [-0.2, -0.15) is 0 Å². The van der Waals surface area contributed by atoms with Gasteiger partial charge in [-0.05, 0) is 19.8 Å². The molecular weight excluding hydrogens is 168 g/mol. The average molecular weight is 186 g/mol. The first-order valence-electron chi connectivity index (χ1n) is 5.00. The second-order valence-corrected chi connectivity index (χ2v) is 3.73. The molecule has 4 atom stereocenters. The monoisotopic (exact) mass is 186 g/mol. The van der Waals surface area contributed by atoms with Crippen molar-refractivity contribution in [3.8, 4) is 0 Å². The van der Waals surface area contributed by atoms with Gasteiger partial charge in [0.1, 0.15) is 6.10 Å². The average Bonchev–Trinajstić information content (AvgIpc) is 2.13. The molecule has 0 aliphatic carbocycles. The lowest BCUT2D eigenvalue weighted by Gasteiger charge is -2.37. The fraction of sp³-hybridized carbons (Fsp3) is 0.900. The largest absolute Gasteiger partial charge is 0.462 e. The van der Waals surface area contributed by atoms with Crippen LogP contribution in [0.1, 0.15) is 33.6 Å². The summed E-state index contributed by atoms with van der Waals surface area (Å²) in [6, 6.07) is 0. The molecule has 0 saturated carbocycles. The number of hydrogen-bond acceptors (Lipinski definition) is 3. The summed E-state index contributed by atoms with van der Waals surface area (Å²) in [5, 5.41) is 9.81. The van der Waals surface area contributed by atoms with E-state index in [1.54, 1.807) is 6.92 Å². The third-order valence-corrected chi connectivity index (χ3v) is 2.94. The van der Waals surface area contributed by atoms with Gasteiger partial charge in [-0.3, -0.25) is 4.79 Å². The molecule has 0 bridgehead atoms. The first-order chi connectivity index (χ1) is 6.11. The topological polar surface area (TPSA) is 46.5 Å². The maximum atomic E-state index is 11.3. The minimum absolute atomic E-state index is 0.0938. The Morgan fingerprint density at radius 1 is 1.38 bits per heavy atom. The van der Waals surface area contributed by atoms with Crippen LogP contribution >= 0.6 is 0 Å². The molecule has 0 aromatic carbocycles. The SMILES string of the molecule is CC[C@@H]1[C@H](O)[C@@H](C)C(=O)O[C@@H]1CC. The van der Waals surface area contributed by atoms with Crippen molar-refractivity contribution in [3.63, 3.8) is 0 Å². The van der Waals surface area contributed by atoms with Crippen molar-refractivity contribution in [1.82, 2.24) is 0 Å². The Hall–Kier alpha value is -0.570. The summed E-state index contributed by atoms with van der Waals surface area (Å²) in [7, 11) is 0. The summed E-state index contributed by atoms with van der Waals surface area (Å²) in [5.41, 5.74) is 0. The van der Waals surface area contributed by atoms with Crippen LogP contribution in [0.5, 0.6) is 0 Å². The maximum absolute atomic E-state index is 11.3. The molecule has 1 fully saturated rings. The van der Waals surface area contributed by atoms with Gasteiger partial charge >= 0.3 is 5.97 Å². The number of rotatable bonds is 2. The Balaban J connectivity index is 2.74. The second kappa shape index (κ2) is 4.09. The Morgan fingerprint density at radius 2 is 2.00 bits per heavy atom. The van der Waals surface area contributed by atoms with Crippen LogP contribution in [0.3, 0.4) is 0 Å². The number of ether oxygens (including phenoxy) is 1. The predicted molar refractivity (Wildman–Crippen MR) is 49.1 cm³/mol. The minimum Gasteiger partial charge on any atom is -0.462 e. The highest BCUT2D eigenvalue weighted by Gasteiger charge is 2.40. The van der Waals surface area contributed by atoms with Gasteiger partial charge in [0.25, 0.3) is 0 Å². The van der Waals surface area contributed by atoms with Gasteiger partial charge in [0.15, 0.2) is 0 Å². The molecule has 0 radical (unpaired) electrons. The van der Waals surface area contributed by atoms with Crippen LogP contribution in [0.25, 0.3) is 0 Å². The molecule has 0 unspecified atom stereocenters. The van der Waals surface area contributed by atoms with E-state index in [0.29, 0.717) is 0 Å². The van der Waals surface area contributed by atoms with E-state index in [2.05, 4.69) is 0 Å². The van der Waals surface area contributed by atoms with Crippen molar-refractivity contribution in [3.05, 3.63) is 0 Å². The van der Waals surface area contributed by atoms with E-state index < -0.39 is 6.10 Å². The Morgan fingerprint density at radius 3 is 2.46 bits per heavy atom. The van der Waals surface area contributed by atoms with E-state index in [9.17, 15) is 9.90 Å². The molecule has 0 spiro atoms. The maximum Gasteiger partial charge on any atom is 0.311 e. The van der Waals surface area contributed by atoms with Gasteiger partial charge in [-0.1, -0.05) is 13.8 Å². The summed E-state index contributed by atoms with van der Waals surface area (Å²) in [6.07, 6.45) is 1.02. The summed E-state index contributed by atoms with van der Waals surface area (Å²) in [5.74, 6) is -0.519. The molecule has 13 heavy (non-hydrogen) atoms. The summed E-state index contributed by atoms with van der Waals surface area (Å²) >= 11 is 0. The molecule has 1 saturated heterocycles. The number of hydrogen-bond donors (Lipinski definition) is 1. The number of esters is 1. The standard InChI is InChI=1S/C10H18O3/c1-4-7-8(5-2)13-10(12)6(3)9(7)11/h6-9,11H,4-5H2,1-3H3/t6-,7+,8-,9-/m1/s1. The lowest BCUT2D eigenvalue weighted by atomic mass is 9.82. The number of aliphatic hydroxyl groups is 1. The van der Waals surface area contributed by atoms with Gasteiger partial charge in [0, 0.05) is 5.92 Å². The molecule has 1 rings (SSSR count). The Kier molecular flexibility index (Phi) is 3.31. The van der Waals surface area contributed by atoms with Gasteiger partial charge in [-0.15, -0.1) is 0 Å². The third kappa shape index (κ3) is 1.85. The van der Waals surface area contributed by atoms with Crippen LogP contribution in [0, 0.1) is 11.8 Å². The van der Waals surface area contributed by atoms with Crippen LogP contribution in [0.15, 0.2) is 0 Å². The third-order valence-electron chi connectivity index (χ3n) is 2.94. The van der Waals surface area contributed by atoms with Crippen molar-refractivity contribution >= 4 is 5.97 Å². The summed E-state index contributed by atoms with van der Waals surface area (Å²) < 4.78 is 5.22. The van der Waals surface area contributed by atoms with Gasteiger partial charge < -0.3 is 9.84 Å². The molecular formula is C10H18O3. The van der Waals surface area contributed by atoms with Crippen molar-refractivity contribution in [2.75, 3.05) is 0 Å². The van der Waals surface area contributed by atoms with Gasteiger partial charge in [0.2, 0.25) is 0 Å². The summed E-state index contributed by atoms with van der Waals surface area (Å²) in [6.45, 7) is 5.72. The lowest BCUT2D eigenvalue weighted by Crippen LogP contribution is -2.47. The normalized spacial score (nSPS) is 40.2. The fourth-order valence-corrected chi connectivity index (χ4v) is 1.96. The molecule has 3 heteroatoms. The molecule has 1 aliphatic heterocycles. The molecule has 1 heterocycles. The molecule has 3 nitrogen and oxygen atoms in total. The van der Waals surface area contributed by atoms with Gasteiger partial charge in [0.05, 0.1) is 12.0 Å². The highest BCUT2D eigenvalue weighted by atomic mass is 16.5. The lowest BCUT2D eigenvalue weighted by molar-refractivity contribution is -0.179. The Bertz CT molecular complexity index is 189. The minimum atomic E-state index is -0.531. The fourth-order valence-electron chi connectivity index (χ4n) is 1.96. The first-order valence-corrected chi connectivity index (χ1v) is 5.00. The zero-order chi connectivity index (χ0) is 10.0. The zero-order valence-corrected chi connectivity index (χ0v) is 8.49. The van der Waals surface area contributed by atoms with Crippen molar-refractivity contribution < 1.29 is 14.6 Å². The van der Waals surface area contributed by atoms with Crippen LogP contribution in [0.4, 0.5) is 0 Å². The van der Waals surface area contributed by atoms with Crippen LogP contribution < -0.4 is 0 Å². The van der Waals surface area contributed by atoms with E-state index >= 15 is 0 Å². The van der Waals surface area contributed by atoms with E-state index in [1.165, 1.54) is 0 Å². The number of cyclic esters (lactones) is 1. The smallest absolute Gasteiger partial charge is 0.311 e. The van der Waals surface area contributed by atoms with Crippen LogP contribution in [-0.2, 0) is 9.53 Å². The van der Waals surface area contributed by atoms with Crippen molar-refractivity contribution in [2.45, 2.75) is 45.8 Å². The molecule has 0 amide bonds. The van der Waals surface area contributed by atoms with Crippen LogP contribution in [0.2, 0.25) is 0 Å². The second-order valence-electron chi connectivity index (χ2n) is 3.73. The van der Waals surface area contributed by atoms with Crippen molar-refractivity contribution in [2.24, 2.45) is 11.8 Å². The Labute approximate surface area is 79.1 Å². The van der Waals surface area contributed by atoms with Crippen molar-refractivity contribution in [1.29, 1.82) is 0 Å². The highest BCUT2D eigenvalue weighted by molar-refractivity contribution is 5.73. The van der Waals surface area contributed by atoms with Crippen LogP contribution in [-0.4, -0.2) is 23.3 Å². The predicted octanol–water partition coefficient (Wildman–Crippen LogP) is 1.34. The highest BCUT2D eigenvalue weighted by Crippen LogP contribution is 2.30. The summed E-state index contributed by atoms with van der Waals surface area (Å²) in [4.78, 5) is 11.3. The number of carbonyl (C=O) groups excluding carboxylic acids is 1. The molecule has 0 aromatic rings. The number of carbonyl (C=O) groups is 1. The van der Waals surface area contributed by atoms with E-state index in [1.807, 2.05) is 13.8 Å². The molecule has 1 aliphatic rings. The van der Waals surface area contributed by atoms with E-state index in [0.717, 1.165) is 12.8 Å². The molecule has 76 valence electrons. The zero-order valence-electron chi connectivity index (χ0n) is 8.49. The number of aliphatic hydroxyl groups excluding tert-OH is 1. The van der Waals surface area contributed by atoms with Gasteiger partial charge in [-0.25, -0.2) is 0 Å².